The number of benzene rings is 2. The third-order valence-electron chi connectivity index (χ3n) is 6.94. The van der Waals surface area contributed by atoms with E-state index in [-0.39, 0.29) is 23.8 Å². The molecule has 0 saturated heterocycles. The lowest BCUT2D eigenvalue weighted by molar-refractivity contribution is -0.131. The van der Waals surface area contributed by atoms with Crippen LogP contribution in [0.1, 0.15) is 66.1 Å². The molecule has 0 aliphatic carbocycles. The third kappa shape index (κ3) is 6.50. The molecule has 0 aliphatic heterocycles. The minimum Gasteiger partial charge on any atom is -0.497 e. The molecule has 224 valence electrons. The maximum Gasteiger partial charge on any atom is 0.444 e. The maximum atomic E-state index is 15.9. The number of ether oxygens (including phenoxy) is 2. The number of methoxy groups -OCH3 is 1. The summed E-state index contributed by atoms with van der Waals surface area (Å²) in [5, 5.41) is 2.63. The summed E-state index contributed by atoms with van der Waals surface area (Å²) in [6.07, 6.45) is 1.44. The first-order valence-electron chi connectivity index (χ1n) is 14.1. The summed E-state index contributed by atoms with van der Waals surface area (Å²) >= 11 is 0. The van der Waals surface area contributed by atoms with E-state index in [9.17, 15) is 9.59 Å². The van der Waals surface area contributed by atoms with Crippen LogP contribution in [0.15, 0.2) is 53.5 Å². The zero-order chi connectivity index (χ0) is 31.0. The van der Waals surface area contributed by atoms with Crippen molar-refractivity contribution in [3.05, 3.63) is 76.1 Å². The second kappa shape index (κ2) is 11.6. The van der Waals surface area contributed by atoms with Gasteiger partial charge in [0.1, 0.15) is 11.4 Å². The first-order valence-corrected chi connectivity index (χ1v) is 14.1. The van der Waals surface area contributed by atoms with Gasteiger partial charge < -0.3 is 18.9 Å². The van der Waals surface area contributed by atoms with Crippen molar-refractivity contribution in [1.82, 2.24) is 14.6 Å². The van der Waals surface area contributed by atoms with Crippen LogP contribution in [0, 0.1) is 18.7 Å². The average Bonchev–Trinajstić information content (AvgIpc) is 2.88. The number of pyridine rings is 2. The van der Waals surface area contributed by atoms with Crippen LogP contribution in [0.4, 0.5) is 9.18 Å². The monoisotopic (exact) mass is 577 g/mol. The summed E-state index contributed by atoms with van der Waals surface area (Å²) < 4.78 is 28.4. The van der Waals surface area contributed by atoms with Crippen molar-refractivity contribution in [2.75, 3.05) is 7.11 Å². The van der Waals surface area contributed by atoms with Crippen molar-refractivity contribution < 1.29 is 23.5 Å². The van der Waals surface area contributed by atoms with E-state index in [0.717, 1.165) is 10.6 Å². The van der Waals surface area contributed by atoms with Gasteiger partial charge in [-0.15, -0.1) is 5.06 Å². The molecule has 2 aromatic heterocycles. The van der Waals surface area contributed by atoms with E-state index in [1.54, 1.807) is 51.6 Å². The predicted molar refractivity (Wildman–Crippen MR) is 163 cm³/mol. The van der Waals surface area contributed by atoms with E-state index >= 15 is 4.39 Å². The lowest BCUT2D eigenvalue weighted by atomic mass is 9.92. The maximum absolute atomic E-state index is 15.9. The Morgan fingerprint density at radius 2 is 1.71 bits per heavy atom. The van der Waals surface area contributed by atoms with E-state index in [1.165, 1.54) is 12.1 Å². The van der Waals surface area contributed by atoms with E-state index in [1.807, 2.05) is 52.0 Å². The highest BCUT2D eigenvalue weighted by Crippen LogP contribution is 2.33. The summed E-state index contributed by atoms with van der Waals surface area (Å²) in [4.78, 5) is 37.7. The number of aryl methyl sites for hydroxylation is 1. The number of nitrogens with zero attached hydrogens (tertiary/aromatic N) is 3. The Hall–Kier alpha value is -4.14. The highest BCUT2D eigenvalue weighted by Gasteiger charge is 2.38. The molecule has 42 heavy (non-hydrogen) atoms. The summed E-state index contributed by atoms with van der Waals surface area (Å²) in [6.45, 7) is 15.0. The Labute approximate surface area is 246 Å². The molecule has 8 nitrogen and oxygen atoms in total. The first kappa shape index (κ1) is 30.8. The first-order chi connectivity index (χ1) is 19.6. The van der Waals surface area contributed by atoms with Crippen LogP contribution in [0.3, 0.4) is 0 Å². The molecule has 0 spiro atoms. The molecule has 0 saturated carbocycles. The van der Waals surface area contributed by atoms with Crippen molar-refractivity contribution in [3.8, 4) is 11.5 Å². The second-order valence-corrected chi connectivity index (χ2v) is 12.6. The topological polar surface area (TPSA) is 82.9 Å². The summed E-state index contributed by atoms with van der Waals surface area (Å²) in [5.41, 5.74) is -0.0439. The Morgan fingerprint density at radius 3 is 2.31 bits per heavy atom. The fourth-order valence-electron chi connectivity index (χ4n) is 5.32. The number of hydrogen-bond donors (Lipinski definition) is 0. The van der Waals surface area contributed by atoms with Crippen LogP contribution < -0.4 is 15.1 Å². The van der Waals surface area contributed by atoms with Crippen LogP contribution in [0.2, 0.25) is 0 Å². The normalized spacial score (nSPS) is 12.2. The molecule has 2 heterocycles. The molecule has 0 atom stereocenters. The largest absolute Gasteiger partial charge is 0.497 e. The molecule has 0 aliphatic rings. The van der Waals surface area contributed by atoms with Crippen LogP contribution >= 0.6 is 0 Å². The molecule has 2 aromatic carbocycles. The second-order valence-electron chi connectivity index (χ2n) is 12.6. The molecule has 0 fully saturated rings. The lowest BCUT2D eigenvalue weighted by Crippen LogP contribution is -2.52. The Balaban J connectivity index is 1.92. The number of aromatic nitrogens is 2. The highest BCUT2D eigenvalue weighted by atomic mass is 19.1. The number of hydroxylamine groups is 2. The van der Waals surface area contributed by atoms with Gasteiger partial charge in [-0.2, -0.15) is 0 Å². The van der Waals surface area contributed by atoms with Gasteiger partial charge in [0.15, 0.2) is 11.6 Å². The number of carbonyl (C=O) groups is 1. The minimum absolute atomic E-state index is 0.196. The van der Waals surface area contributed by atoms with Gasteiger partial charge in [-0.3, -0.25) is 9.78 Å². The fraction of sp³-hybridized carbons (Fsp3) is 0.424. The van der Waals surface area contributed by atoms with E-state index < -0.39 is 23.1 Å². The number of carbonyl (C=O) groups excluding carboxylic acids is 1. The quantitative estimate of drug-likeness (QED) is 0.160. The van der Waals surface area contributed by atoms with Gasteiger partial charge in [-0.25, -0.2) is 9.18 Å². The SMILES string of the molecule is COc1ccc(Cn2c(=O)c3c(C)nccc3c3cc(F)c(ON(C(=O)OC(C)(C)C)C(C)(C)CC(C)C)cc32)cc1. The van der Waals surface area contributed by atoms with E-state index in [2.05, 4.69) is 4.98 Å². The molecule has 0 N–H and O–H groups in total. The smallest absolute Gasteiger partial charge is 0.444 e. The van der Waals surface area contributed by atoms with Gasteiger partial charge in [-0.05, 0) is 89.1 Å². The molecular formula is C33H40FN3O5. The van der Waals surface area contributed by atoms with Gasteiger partial charge in [0, 0.05) is 17.6 Å². The van der Waals surface area contributed by atoms with Gasteiger partial charge in [0.25, 0.3) is 5.56 Å². The minimum atomic E-state index is -0.840. The summed E-state index contributed by atoms with van der Waals surface area (Å²) in [6, 6.07) is 11.9. The van der Waals surface area contributed by atoms with Crippen molar-refractivity contribution in [2.45, 2.75) is 79.5 Å². The number of fused-ring (bicyclic) bond motifs is 3. The van der Waals surface area contributed by atoms with Gasteiger partial charge in [0.05, 0.1) is 35.8 Å². The van der Waals surface area contributed by atoms with E-state index in [0.29, 0.717) is 39.5 Å². The van der Waals surface area contributed by atoms with Gasteiger partial charge in [-0.1, -0.05) is 26.0 Å². The Kier molecular flexibility index (Phi) is 8.53. The molecule has 4 aromatic rings. The Morgan fingerprint density at radius 1 is 1.05 bits per heavy atom. The predicted octanol–water partition coefficient (Wildman–Crippen LogP) is 7.41. The molecule has 0 radical (unpaired) electrons. The molecule has 1 amide bonds. The van der Waals surface area contributed by atoms with Crippen LogP contribution in [0.25, 0.3) is 21.7 Å². The number of halogens is 1. The zero-order valence-electron chi connectivity index (χ0n) is 25.9. The molecule has 4 rings (SSSR count). The van der Waals surface area contributed by atoms with Gasteiger partial charge in [0.2, 0.25) is 0 Å². The summed E-state index contributed by atoms with van der Waals surface area (Å²) in [7, 11) is 1.59. The van der Waals surface area contributed by atoms with Gasteiger partial charge >= 0.3 is 6.09 Å². The molecule has 0 bridgehead atoms. The van der Waals surface area contributed by atoms with Crippen molar-refractivity contribution >= 4 is 27.8 Å². The van der Waals surface area contributed by atoms with Crippen molar-refractivity contribution in [2.24, 2.45) is 5.92 Å². The molecule has 9 heteroatoms. The number of amides is 1. The highest BCUT2D eigenvalue weighted by molar-refractivity contribution is 6.06. The third-order valence-corrected chi connectivity index (χ3v) is 6.94. The van der Waals surface area contributed by atoms with Crippen molar-refractivity contribution in [1.29, 1.82) is 0 Å². The van der Waals surface area contributed by atoms with Crippen LogP contribution in [-0.4, -0.2) is 39.0 Å². The molecular weight excluding hydrogens is 537 g/mol. The fourth-order valence-corrected chi connectivity index (χ4v) is 5.32. The van der Waals surface area contributed by atoms with E-state index in [4.69, 9.17) is 14.3 Å². The Bertz CT molecular complexity index is 1670. The summed E-state index contributed by atoms with van der Waals surface area (Å²) in [5.74, 6) is 0.0337. The number of rotatable bonds is 8. The van der Waals surface area contributed by atoms with Crippen molar-refractivity contribution in [3.63, 3.8) is 0 Å². The lowest BCUT2D eigenvalue weighted by Gasteiger charge is -2.38. The molecule has 0 unspecified atom stereocenters. The van der Waals surface area contributed by atoms with Crippen LogP contribution in [-0.2, 0) is 11.3 Å². The zero-order valence-corrected chi connectivity index (χ0v) is 25.9. The standard InChI is InChI=1S/C33H40FN3O5/c1-20(2)18-33(7,8)37(31(39)41-32(4,5)6)42-28-17-27-25(16-26(28)34)24-14-15-35-21(3)29(24)30(38)36(27)19-22-10-12-23(40-9)13-11-22/h10-17,20H,18-19H2,1-9H3. The number of hydrogen-bond acceptors (Lipinski definition) is 6. The average molecular weight is 578 g/mol. The van der Waals surface area contributed by atoms with Crippen LogP contribution in [0.5, 0.6) is 11.5 Å².